The van der Waals surface area contributed by atoms with E-state index in [1.165, 1.54) is 4.57 Å². The molecular formula is C39H48N8O5. The number of imide groups is 1. The summed E-state index contributed by atoms with van der Waals surface area (Å²) in [5, 5.41) is 16.2. The molecule has 2 aromatic carbocycles. The number of piperidine rings is 2. The lowest BCUT2D eigenvalue weighted by Crippen LogP contribution is -2.46. The van der Waals surface area contributed by atoms with Crippen molar-refractivity contribution in [3.05, 3.63) is 64.3 Å². The van der Waals surface area contributed by atoms with Gasteiger partial charge in [0.2, 0.25) is 11.8 Å². The summed E-state index contributed by atoms with van der Waals surface area (Å²) < 4.78 is 15.3. The van der Waals surface area contributed by atoms with Gasteiger partial charge in [0.1, 0.15) is 18.2 Å². The molecule has 2 aliphatic heterocycles. The summed E-state index contributed by atoms with van der Waals surface area (Å²) in [6, 6.07) is 13.9. The largest absolute Gasteiger partial charge is 0.381 e. The zero-order valence-electron chi connectivity index (χ0n) is 29.9. The molecule has 0 radical (unpaired) electrons. The highest BCUT2D eigenvalue weighted by Crippen LogP contribution is 2.30. The highest BCUT2D eigenvalue weighted by Gasteiger charge is 2.32. The van der Waals surface area contributed by atoms with E-state index in [0.717, 1.165) is 98.7 Å². The van der Waals surface area contributed by atoms with Crippen LogP contribution in [0.1, 0.15) is 81.4 Å². The average Bonchev–Trinajstić information content (AvgIpc) is 3.42. The third kappa shape index (κ3) is 7.89. The first-order valence-electron chi connectivity index (χ1n) is 18.8. The minimum absolute atomic E-state index is 0.222. The van der Waals surface area contributed by atoms with E-state index >= 15 is 0 Å². The molecule has 3 aliphatic rings. The number of amides is 2. The number of hydrogen-bond donors (Lipinski definition) is 2. The van der Waals surface area contributed by atoms with Crippen molar-refractivity contribution in [2.75, 3.05) is 38.2 Å². The van der Waals surface area contributed by atoms with Crippen LogP contribution in [0.4, 0.5) is 5.82 Å². The van der Waals surface area contributed by atoms with Gasteiger partial charge in [-0.2, -0.15) is 5.26 Å². The van der Waals surface area contributed by atoms with Gasteiger partial charge in [0, 0.05) is 63.8 Å². The summed E-state index contributed by atoms with van der Waals surface area (Å²) in [7, 11) is 1.73. The molecule has 52 heavy (non-hydrogen) atoms. The number of hydrogen-bond acceptors (Lipinski definition) is 10. The van der Waals surface area contributed by atoms with E-state index in [-0.39, 0.29) is 18.0 Å². The fourth-order valence-corrected chi connectivity index (χ4v) is 8.26. The van der Waals surface area contributed by atoms with Crippen LogP contribution >= 0.6 is 0 Å². The minimum Gasteiger partial charge on any atom is -0.381 e. The van der Waals surface area contributed by atoms with Crippen LogP contribution in [0.25, 0.3) is 21.9 Å². The van der Waals surface area contributed by atoms with Crippen LogP contribution in [0.3, 0.4) is 0 Å². The van der Waals surface area contributed by atoms with Gasteiger partial charge < -0.3 is 19.7 Å². The van der Waals surface area contributed by atoms with Crippen LogP contribution in [0.5, 0.6) is 0 Å². The molecule has 0 bridgehead atoms. The second-order valence-electron chi connectivity index (χ2n) is 14.4. The molecule has 2 N–H and O–H groups in total. The molecule has 13 heteroatoms. The third-order valence-corrected chi connectivity index (χ3v) is 11.0. The topological polar surface area (TPSA) is 156 Å². The summed E-state index contributed by atoms with van der Waals surface area (Å²) in [6.07, 6.45) is 11.5. The first-order valence-corrected chi connectivity index (χ1v) is 18.8. The number of imidazole rings is 1. The first kappa shape index (κ1) is 35.7. The SMILES string of the molecule is Cn1c(=O)n(C2CCC(=O)NC2=O)c2cccc(CCCOCCCOC3CCN(C4CCC(Nc5ncnc6ccc(C#N)cc56)CC4)CC3)c21. The number of benzene rings is 2. The fourth-order valence-electron chi connectivity index (χ4n) is 8.26. The number of anilines is 1. The van der Waals surface area contributed by atoms with E-state index in [1.807, 2.05) is 30.3 Å². The monoisotopic (exact) mass is 708 g/mol. The van der Waals surface area contributed by atoms with E-state index in [1.54, 1.807) is 24.0 Å². The summed E-state index contributed by atoms with van der Waals surface area (Å²) in [6.45, 7) is 4.12. The van der Waals surface area contributed by atoms with Gasteiger partial charge in [0.05, 0.1) is 34.3 Å². The number of aryl methyl sites for hydroxylation is 2. The lowest BCUT2D eigenvalue weighted by atomic mass is 9.89. The molecule has 4 aromatic rings. The second-order valence-corrected chi connectivity index (χ2v) is 14.4. The lowest BCUT2D eigenvalue weighted by molar-refractivity contribution is -0.135. The molecule has 1 unspecified atom stereocenters. The molecule has 1 saturated carbocycles. The molecular weight excluding hydrogens is 660 g/mol. The average molecular weight is 709 g/mol. The van der Waals surface area contributed by atoms with E-state index < -0.39 is 11.9 Å². The zero-order chi connectivity index (χ0) is 36.0. The fraction of sp³-hybridized carbons (Fsp3) is 0.538. The molecule has 3 fully saturated rings. The molecule has 2 amide bonds. The Morgan fingerprint density at radius 2 is 1.77 bits per heavy atom. The summed E-state index contributed by atoms with van der Waals surface area (Å²) in [4.78, 5) is 48.8. The Bertz CT molecular complexity index is 2000. The van der Waals surface area contributed by atoms with Crippen molar-refractivity contribution in [1.82, 2.24) is 29.3 Å². The Morgan fingerprint density at radius 3 is 2.56 bits per heavy atom. The number of fused-ring (bicyclic) bond motifs is 2. The van der Waals surface area contributed by atoms with Gasteiger partial charge in [-0.25, -0.2) is 14.8 Å². The highest BCUT2D eigenvalue weighted by molar-refractivity contribution is 6.00. The Balaban J connectivity index is 0.777. The maximum absolute atomic E-state index is 13.2. The molecule has 0 spiro atoms. The van der Waals surface area contributed by atoms with Gasteiger partial charge in [-0.1, -0.05) is 12.1 Å². The van der Waals surface area contributed by atoms with Crippen LogP contribution in [-0.4, -0.2) is 86.9 Å². The number of likely N-dealkylation sites (tertiary alicyclic amines) is 1. The van der Waals surface area contributed by atoms with Crippen LogP contribution in [0, 0.1) is 11.3 Å². The molecule has 4 heterocycles. The molecule has 274 valence electrons. The van der Waals surface area contributed by atoms with Crippen molar-refractivity contribution in [3.8, 4) is 6.07 Å². The Morgan fingerprint density at radius 1 is 0.962 bits per heavy atom. The number of nitrogens with zero attached hydrogens (tertiary/aromatic N) is 6. The molecule has 13 nitrogen and oxygen atoms in total. The van der Waals surface area contributed by atoms with Crippen molar-refractivity contribution in [3.63, 3.8) is 0 Å². The quantitative estimate of drug-likeness (QED) is 0.151. The van der Waals surface area contributed by atoms with Gasteiger partial charge >= 0.3 is 5.69 Å². The highest BCUT2D eigenvalue weighted by atomic mass is 16.5. The van der Waals surface area contributed by atoms with Gasteiger partial charge in [-0.3, -0.25) is 24.0 Å². The third-order valence-electron chi connectivity index (χ3n) is 11.0. The van der Waals surface area contributed by atoms with E-state index in [9.17, 15) is 19.6 Å². The molecule has 7 rings (SSSR count). The number of aromatic nitrogens is 4. The van der Waals surface area contributed by atoms with Crippen molar-refractivity contribution >= 4 is 39.6 Å². The maximum Gasteiger partial charge on any atom is 0.329 e. The van der Waals surface area contributed by atoms with Gasteiger partial charge in [-0.15, -0.1) is 0 Å². The number of nitrogens with one attached hydrogen (secondary N) is 2. The van der Waals surface area contributed by atoms with E-state index in [4.69, 9.17) is 9.47 Å². The van der Waals surface area contributed by atoms with Crippen molar-refractivity contribution < 1.29 is 19.1 Å². The number of rotatable bonds is 13. The van der Waals surface area contributed by atoms with Gasteiger partial charge in [-0.05, 0) is 94.0 Å². The van der Waals surface area contributed by atoms with Crippen LogP contribution in [0.2, 0.25) is 0 Å². The Hall–Kier alpha value is -4.64. The maximum atomic E-state index is 13.2. The smallest absolute Gasteiger partial charge is 0.329 e. The number of ether oxygens (including phenoxy) is 2. The zero-order valence-corrected chi connectivity index (χ0v) is 29.9. The molecule has 2 aromatic heterocycles. The predicted molar refractivity (Wildman–Crippen MR) is 197 cm³/mol. The molecule has 1 atom stereocenters. The number of carbonyl (C=O) groups excluding carboxylic acids is 2. The van der Waals surface area contributed by atoms with Crippen LogP contribution in [0.15, 0.2) is 47.5 Å². The Labute approximate surface area is 303 Å². The standard InChI is InChI=1S/C39H48N8O5/c1-45-36-27(5-2-7-33(36)47(39(45)50)34-14-15-35(48)44-38(34)49)6-3-20-51-21-4-22-52-30-16-18-46(19-17-30)29-11-9-28(10-12-29)43-37-31-23-26(24-40)8-13-32(31)41-25-42-37/h2,5,7-8,13,23,25,28-30,34H,3-4,6,9-12,14-22H2,1H3,(H,41,42,43)(H,44,48,49). The van der Waals surface area contributed by atoms with Gasteiger partial charge in [0.25, 0.3) is 0 Å². The van der Waals surface area contributed by atoms with Crippen LogP contribution < -0.4 is 16.3 Å². The number of nitriles is 1. The number of para-hydroxylation sites is 1. The minimum atomic E-state index is -0.684. The first-order chi connectivity index (χ1) is 25.4. The van der Waals surface area contributed by atoms with E-state index in [2.05, 4.69) is 31.6 Å². The van der Waals surface area contributed by atoms with E-state index in [0.29, 0.717) is 55.5 Å². The van der Waals surface area contributed by atoms with Crippen molar-refractivity contribution in [2.45, 2.75) is 94.9 Å². The Kier molecular flexibility index (Phi) is 11.2. The summed E-state index contributed by atoms with van der Waals surface area (Å²) >= 11 is 0. The summed E-state index contributed by atoms with van der Waals surface area (Å²) in [5.41, 5.74) is 3.80. The predicted octanol–water partition coefficient (Wildman–Crippen LogP) is 4.38. The van der Waals surface area contributed by atoms with Crippen molar-refractivity contribution in [2.24, 2.45) is 7.05 Å². The van der Waals surface area contributed by atoms with Gasteiger partial charge in [0.15, 0.2) is 0 Å². The summed E-state index contributed by atoms with van der Waals surface area (Å²) in [5.74, 6) is 0.0982. The molecule has 1 aliphatic carbocycles. The van der Waals surface area contributed by atoms with Crippen LogP contribution in [-0.2, 0) is 32.5 Å². The number of carbonyl (C=O) groups is 2. The van der Waals surface area contributed by atoms with Crippen molar-refractivity contribution in [1.29, 1.82) is 5.26 Å². The second kappa shape index (κ2) is 16.4. The molecule has 2 saturated heterocycles. The normalized spacial score (nSPS) is 21.7. The lowest BCUT2D eigenvalue weighted by Gasteiger charge is -2.41.